The molecule has 0 aliphatic carbocycles. The van der Waals surface area contributed by atoms with E-state index in [1.54, 1.807) is 24.3 Å². The van der Waals surface area contributed by atoms with Gasteiger partial charge in [0.2, 0.25) is 5.91 Å². The monoisotopic (exact) mass is 557 g/mol. The molecular formula is C27H29ClFN5O5. The van der Waals surface area contributed by atoms with E-state index >= 15 is 0 Å². The van der Waals surface area contributed by atoms with Gasteiger partial charge in [0, 0.05) is 42.3 Å². The molecule has 2 fully saturated rings. The van der Waals surface area contributed by atoms with E-state index in [2.05, 4.69) is 25.5 Å². The van der Waals surface area contributed by atoms with Gasteiger partial charge in [-0.25, -0.2) is 14.4 Å². The van der Waals surface area contributed by atoms with Gasteiger partial charge < -0.3 is 30.0 Å². The first-order valence-corrected chi connectivity index (χ1v) is 13.0. The Morgan fingerprint density at radius 3 is 2.92 bits per heavy atom. The number of hydrogen-bond donors (Lipinski definition) is 3. The van der Waals surface area contributed by atoms with Crippen LogP contribution in [0.25, 0.3) is 10.9 Å². The van der Waals surface area contributed by atoms with Crippen molar-refractivity contribution in [3.05, 3.63) is 59.7 Å². The number of benzene rings is 2. The third kappa shape index (κ3) is 6.81. The number of hydrogen-bond acceptors (Lipinski definition) is 9. The van der Waals surface area contributed by atoms with E-state index < -0.39 is 5.82 Å². The lowest BCUT2D eigenvalue weighted by atomic mass is 10.0. The van der Waals surface area contributed by atoms with Crippen LogP contribution < -0.4 is 15.4 Å². The summed E-state index contributed by atoms with van der Waals surface area (Å²) in [5.41, 5.74) is 1.52. The number of anilines is 3. The Labute approximate surface area is 229 Å². The number of rotatable bonds is 10. The number of nitrogens with one attached hydrogen (secondary N) is 2. The summed E-state index contributed by atoms with van der Waals surface area (Å²) in [7, 11) is 0. The minimum atomic E-state index is -0.525. The van der Waals surface area contributed by atoms with Crippen molar-refractivity contribution in [1.29, 1.82) is 0 Å². The SMILES string of the molecule is O=C(/C=C/CN1CCC1CO)Nc1cc2c(Nc3ccc(F)c(Cl)c3)ncnc2cc1OC[C@H]1COCCO1. The number of nitrogens with zero attached hydrogens (tertiary/aromatic N) is 3. The lowest BCUT2D eigenvalue weighted by molar-refractivity contribution is -0.112. The summed E-state index contributed by atoms with van der Waals surface area (Å²) in [6.45, 7) is 3.25. The molecule has 2 saturated heterocycles. The maximum Gasteiger partial charge on any atom is 0.248 e. The fraction of sp³-hybridized carbons (Fsp3) is 0.370. The molecule has 5 rings (SSSR count). The molecule has 0 saturated carbocycles. The number of carbonyl (C=O) groups excluding carboxylic acids is 1. The van der Waals surface area contributed by atoms with Crippen molar-refractivity contribution in [2.75, 3.05) is 56.8 Å². The smallest absolute Gasteiger partial charge is 0.248 e. The molecular weight excluding hydrogens is 529 g/mol. The van der Waals surface area contributed by atoms with Gasteiger partial charge in [-0.15, -0.1) is 0 Å². The molecule has 1 unspecified atom stereocenters. The second kappa shape index (κ2) is 12.7. The van der Waals surface area contributed by atoms with Crippen LogP contribution in [0.2, 0.25) is 5.02 Å². The molecule has 0 radical (unpaired) electrons. The molecule has 12 heteroatoms. The Kier molecular flexibility index (Phi) is 8.84. The van der Waals surface area contributed by atoms with Crippen LogP contribution in [0.3, 0.4) is 0 Å². The molecule has 0 spiro atoms. The molecule has 3 N–H and O–H groups in total. The Balaban J connectivity index is 1.39. The first kappa shape index (κ1) is 27.2. The molecule has 3 heterocycles. The zero-order valence-electron chi connectivity index (χ0n) is 21.1. The van der Waals surface area contributed by atoms with Crippen LogP contribution in [0.15, 0.2) is 48.8 Å². The van der Waals surface area contributed by atoms with Crippen LogP contribution in [0, 0.1) is 5.82 Å². The van der Waals surface area contributed by atoms with Gasteiger partial charge in [-0.05, 0) is 30.7 Å². The molecule has 1 aromatic heterocycles. The van der Waals surface area contributed by atoms with Gasteiger partial charge in [0.25, 0.3) is 0 Å². The van der Waals surface area contributed by atoms with E-state index in [-0.39, 0.29) is 36.3 Å². The number of likely N-dealkylation sites (tertiary alicyclic amines) is 1. The van der Waals surface area contributed by atoms with E-state index in [0.717, 1.165) is 13.0 Å². The average Bonchev–Trinajstić information content (AvgIpc) is 2.92. The van der Waals surface area contributed by atoms with Gasteiger partial charge in [-0.1, -0.05) is 17.7 Å². The number of fused-ring (bicyclic) bond motifs is 1. The van der Waals surface area contributed by atoms with Crippen LogP contribution in [-0.4, -0.2) is 84.2 Å². The molecule has 206 valence electrons. The Hall–Kier alpha value is -3.35. The number of halogens is 2. The van der Waals surface area contributed by atoms with Crippen LogP contribution in [0.4, 0.5) is 21.6 Å². The summed E-state index contributed by atoms with van der Waals surface area (Å²) in [5.74, 6) is -0.00904. The number of aromatic nitrogens is 2. The number of ether oxygens (including phenoxy) is 3. The zero-order valence-corrected chi connectivity index (χ0v) is 21.9. The molecule has 2 atom stereocenters. The lowest BCUT2D eigenvalue weighted by Gasteiger charge is -2.39. The normalized spacial score (nSPS) is 19.7. The first-order chi connectivity index (χ1) is 19.0. The largest absolute Gasteiger partial charge is 0.489 e. The number of amides is 1. The summed E-state index contributed by atoms with van der Waals surface area (Å²) in [5, 5.41) is 16.0. The predicted octanol–water partition coefficient (Wildman–Crippen LogP) is 3.52. The lowest BCUT2D eigenvalue weighted by Crippen LogP contribution is -2.49. The molecule has 39 heavy (non-hydrogen) atoms. The average molecular weight is 558 g/mol. The zero-order chi connectivity index (χ0) is 27.2. The minimum Gasteiger partial charge on any atom is -0.489 e. The highest BCUT2D eigenvalue weighted by atomic mass is 35.5. The van der Waals surface area contributed by atoms with Gasteiger partial charge in [0.05, 0.1) is 42.7 Å². The highest BCUT2D eigenvalue weighted by Crippen LogP contribution is 2.34. The molecule has 10 nitrogen and oxygen atoms in total. The Morgan fingerprint density at radius 1 is 1.28 bits per heavy atom. The van der Waals surface area contributed by atoms with E-state index in [4.69, 9.17) is 25.8 Å². The van der Waals surface area contributed by atoms with Gasteiger partial charge in [-0.2, -0.15) is 0 Å². The fourth-order valence-corrected chi connectivity index (χ4v) is 4.52. The standard InChI is InChI=1S/C27H29ClFN5O5/c28-21-10-17(3-4-22(21)29)32-27-20-11-24(33-26(36)2-1-6-34-7-5-18(34)13-35)25(12-23(20)30-16-31-27)39-15-19-14-37-8-9-38-19/h1-4,10-12,16,18-19,35H,5-9,13-15H2,(H,33,36)(H,30,31,32)/b2-1+/t18?,19-/m1/s1. The number of carbonyl (C=O) groups is 1. The van der Waals surface area contributed by atoms with Crippen molar-refractivity contribution >= 4 is 45.6 Å². The molecule has 2 aromatic carbocycles. The summed E-state index contributed by atoms with van der Waals surface area (Å²) in [4.78, 5) is 23.6. The maximum absolute atomic E-state index is 13.6. The van der Waals surface area contributed by atoms with Crippen molar-refractivity contribution in [2.45, 2.75) is 18.6 Å². The van der Waals surface area contributed by atoms with Crippen molar-refractivity contribution in [1.82, 2.24) is 14.9 Å². The third-order valence-electron chi connectivity index (χ3n) is 6.57. The summed E-state index contributed by atoms with van der Waals surface area (Å²) in [6, 6.07) is 7.85. The van der Waals surface area contributed by atoms with E-state index in [9.17, 15) is 14.3 Å². The van der Waals surface area contributed by atoms with Gasteiger partial charge >= 0.3 is 0 Å². The minimum absolute atomic E-state index is 0.0220. The number of aliphatic hydroxyl groups excluding tert-OH is 1. The Bertz CT molecular complexity index is 1350. The second-order valence-corrected chi connectivity index (χ2v) is 9.64. The topological polar surface area (TPSA) is 118 Å². The highest BCUT2D eigenvalue weighted by Gasteiger charge is 2.25. The van der Waals surface area contributed by atoms with Gasteiger partial charge in [0.15, 0.2) is 0 Å². The van der Waals surface area contributed by atoms with Gasteiger partial charge in [0.1, 0.15) is 36.4 Å². The maximum atomic E-state index is 13.6. The highest BCUT2D eigenvalue weighted by molar-refractivity contribution is 6.31. The van der Waals surface area contributed by atoms with Crippen molar-refractivity contribution in [3.63, 3.8) is 0 Å². The summed E-state index contributed by atoms with van der Waals surface area (Å²) in [6.07, 6.45) is 5.33. The number of aliphatic hydroxyl groups is 1. The van der Waals surface area contributed by atoms with E-state index in [1.165, 1.54) is 24.5 Å². The molecule has 2 aliphatic rings. The second-order valence-electron chi connectivity index (χ2n) is 9.23. The first-order valence-electron chi connectivity index (χ1n) is 12.7. The van der Waals surface area contributed by atoms with E-state index in [0.29, 0.717) is 60.2 Å². The van der Waals surface area contributed by atoms with Crippen LogP contribution in [0.5, 0.6) is 5.75 Å². The van der Waals surface area contributed by atoms with Crippen molar-refractivity contribution < 1.29 is 28.5 Å². The fourth-order valence-electron chi connectivity index (χ4n) is 4.34. The third-order valence-corrected chi connectivity index (χ3v) is 6.86. The van der Waals surface area contributed by atoms with Crippen molar-refractivity contribution in [3.8, 4) is 5.75 Å². The predicted molar refractivity (Wildman–Crippen MR) is 145 cm³/mol. The van der Waals surface area contributed by atoms with Crippen LogP contribution in [0.1, 0.15) is 6.42 Å². The van der Waals surface area contributed by atoms with E-state index in [1.807, 2.05) is 0 Å². The molecule has 3 aromatic rings. The molecule has 1 amide bonds. The van der Waals surface area contributed by atoms with Crippen molar-refractivity contribution in [2.24, 2.45) is 0 Å². The molecule has 2 aliphatic heterocycles. The van der Waals surface area contributed by atoms with Gasteiger partial charge in [-0.3, -0.25) is 9.69 Å². The summed E-state index contributed by atoms with van der Waals surface area (Å²) < 4.78 is 30.8. The molecule has 0 bridgehead atoms. The van der Waals surface area contributed by atoms with Crippen LogP contribution in [-0.2, 0) is 14.3 Å². The summed E-state index contributed by atoms with van der Waals surface area (Å²) >= 11 is 5.94. The van der Waals surface area contributed by atoms with Crippen LogP contribution >= 0.6 is 11.6 Å². The Morgan fingerprint density at radius 2 is 2.18 bits per heavy atom. The quantitative estimate of drug-likeness (QED) is 0.322.